The fourth-order valence-electron chi connectivity index (χ4n) is 2.84. The number of hydrogen-bond donors (Lipinski definition) is 0. The minimum Gasteiger partial charge on any atom is -0.324 e. The van der Waals surface area contributed by atoms with E-state index in [1.54, 1.807) is 53.5 Å². The van der Waals surface area contributed by atoms with Gasteiger partial charge in [-0.05, 0) is 48.9 Å². The number of imide groups is 1. The number of hydroxylamine groups is 2. The zero-order chi connectivity index (χ0) is 18.3. The average Bonchev–Trinajstić information content (AvgIpc) is 3.26. The number of hydrogen-bond acceptors (Lipinski definition) is 5. The Kier molecular flexibility index (Phi) is 3.62. The summed E-state index contributed by atoms with van der Waals surface area (Å²) in [6.45, 7) is 1.83. The second-order valence-electron chi connectivity index (χ2n) is 5.78. The molecule has 2 heterocycles. The van der Waals surface area contributed by atoms with Crippen molar-refractivity contribution in [2.45, 2.75) is 6.92 Å². The number of aryl methyl sites for hydroxylation is 1. The molecular weight excluding hydrogens is 334 g/mol. The van der Waals surface area contributed by atoms with Crippen molar-refractivity contribution in [1.29, 1.82) is 0 Å². The first-order chi connectivity index (χ1) is 12.6. The number of rotatable bonds is 3. The molecule has 0 atom stereocenters. The summed E-state index contributed by atoms with van der Waals surface area (Å²) >= 11 is 0. The monoisotopic (exact) mass is 347 g/mol. The predicted octanol–water partition coefficient (Wildman–Crippen LogP) is 2.55. The van der Waals surface area contributed by atoms with Crippen LogP contribution in [0.1, 0.15) is 36.6 Å². The van der Waals surface area contributed by atoms with E-state index in [-0.39, 0.29) is 16.7 Å². The van der Waals surface area contributed by atoms with Crippen LogP contribution in [-0.4, -0.2) is 32.6 Å². The van der Waals surface area contributed by atoms with Crippen molar-refractivity contribution >= 4 is 17.8 Å². The van der Waals surface area contributed by atoms with E-state index in [0.29, 0.717) is 5.06 Å². The molecule has 3 aromatic rings. The van der Waals surface area contributed by atoms with Gasteiger partial charge in [0.2, 0.25) is 0 Å². The standard InChI is InChI=1S/C19H13N3O4/c1-12-11-13(7-8-16(12)21-10-4-9-20-21)19(25)26-22-17(23)14-5-2-3-6-15(14)18(22)24/h2-11H,1H3. The Balaban J connectivity index is 1.57. The topological polar surface area (TPSA) is 81.5 Å². The van der Waals surface area contributed by atoms with E-state index in [9.17, 15) is 14.4 Å². The van der Waals surface area contributed by atoms with Crippen LogP contribution in [0.2, 0.25) is 0 Å². The van der Waals surface area contributed by atoms with Crippen LogP contribution in [0.5, 0.6) is 0 Å². The Morgan fingerprint density at radius 2 is 1.69 bits per heavy atom. The molecule has 2 aromatic carbocycles. The first kappa shape index (κ1) is 15.8. The molecule has 0 bridgehead atoms. The summed E-state index contributed by atoms with van der Waals surface area (Å²) < 4.78 is 1.68. The molecule has 26 heavy (non-hydrogen) atoms. The van der Waals surface area contributed by atoms with E-state index in [1.807, 2.05) is 6.92 Å². The molecular formula is C19H13N3O4. The maximum Gasteiger partial charge on any atom is 0.363 e. The minimum absolute atomic E-state index is 0.218. The molecule has 128 valence electrons. The third-order valence-electron chi connectivity index (χ3n) is 4.11. The molecule has 0 spiro atoms. The van der Waals surface area contributed by atoms with Crippen molar-refractivity contribution in [2.24, 2.45) is 0 Å². The third-order valence-corrected chi connectivity index (χ3v) is 4.11. The third kappa shape index (κ3) is 2.46. The van der Waals surface area contributed by atoms with Crippen LogP contribution < -0.4 is 0 Å². The van der Waals surface area contributed by atoms with Gasteiger partial charge in [0, 0.05) is 12.4 Å². The maximum absolute atomic E-state index is 12.4. The first-order valence-corrected chi connectivity index (χ1v) is 7.87. The van der Waals surface area contributed by atoms with Crippen LogP contribution in [0.25, 0.3) is 5.69 Å². The van der Waals surface area contributed by atoms with Gasteiger partial charge in [-0.3, -0.25) is 9.59 Å². The lowest BCUT2D eigenvalue weighted by Gasteiger charge is -2.13. The van der Waals surface area contributed by atoms with Gasteiger partial charge < -0.3 is 4.84 Å². The van der Waals surface area contributed by atoms with E-state index in [2.05, 4.69) is 5.10 Å². The number of carbonyl (C=O) groups excluding carboxylic acids is 3. The molecule has 1 aliphatic heterocycles. The molecule has 2 amide bonds. The highest BCUT2D eigenvalue weighted by Crippen LogP contribution is 2.24. The summed E-state index contributed by atoms with van der Waals surface area (Å²) in [7, 11) is 0. The average molecular weight is 347 g/mol. The molecule has 1 aromatic heterocycles. The van der Waals surface area contributed by atoms with E-state index in [4.69, 9.17) is 4.84 Å². The maximum atomic E-state index is 12.4. The van der Waals surface area contributed by atoms with Gasteiger partial charge in [-0.15, -0.1) is 0 Å². The molecule has 7 nitrogen and oxygen atoms in total. The molecule has 0 aliphatic carbocycles. The van der Waals surface area contributed by atoms with Crippen LogP contribution in [0.15, 0.2) is 60.9 Å². The number of fused-ring (bicyclic) bond motifs is 1. The van der Waals surface area contributed by atoms with E-state index < -0.39 is 17.8 Å². The molecule has 0 radical (unpaired) electrons. The Morgan fingerprint density at radius 1 is 1.00 bits per heavy atom. The van der Waals surface area contributed by atoms with Crippen molar-refractivity contribution in [3.05, 3.63) is 83.2 Å². The molecule has 0 saturated carbocycles. The van der Waals surface area contributed by atoms with Crippen molar-refractivity contribution in [1.82, 2.24) is 14.8 Å². The van der Waals surface area contributed by atoms with Gasteiger partial charge in [-0.2, -0.15) is 5.10 Å². The van der Waals surface area contributed by atoms with Gasteiger partial charge in [0.1, 0.15) is 0 Å². The number of benzene rings is 2. The normalized spacial score (nSPS) is 13.0. The first-order valence-electron chi connectivity index (χ1n) is 7.87. The molecule has 0 saturated heterocycles. The molecule has 1 aliphatic rings. The van der Waals surface area contributed by atoms with Crippen LogP contribution >= 0.6 is 0 Å². The van der Waals surface area contributed by atoms with Gasteiger partial charge in [0.15, 0.2) is 0 Å². The molecule has 4 rings (SSSR count). The molecule has 0 unspecified atom stereocenters. The second-order valence-corrected chi connectivity index (χ2v) is 5.78. The van der Waals surface area contributed by atoms with Gasteiger partial charge in [-0.25, -0.2) is 9.48 Å². The lowest BCUT2D eigenvalue weighted by Crippen LogP contribution is -2.32. The summed E-state index contributed by atoms with van der Waals surface area (Å²) in [5.41, 5.74) is 2.28. The number of amides is 2. The summed E-state index contributed by atoms with van der Waals surface area (Å²) in [6.07, 6.45) is 3.45. The minimum atomic E-state index is -0.783. The lowest BCUT2D eigenvalue weighted by molar-refractivity contribution is -0.0584. The summed E-state index contributed by atoms with van der Waals surface area (Å²) in [4.78, 5) is 42.0. The zero-order valence-electron chi connectivity index (χ0n) is 13.7. The quantitative estimate of drug-likeness (QED) is 0.680. The number of carbonyl (C=O) groups is 3. The summed E-state index contributed by atoms with van der Waals surface area (Å²) in [6, 6.07) is 13.0. The summed E-state index contributed by atoms with van der Waals surface area (Å²) in [5, 5.41) is 4.65. The van der Waals surface area contributed by atoms with E-state index in [1.165, 1.54) is 12.1 Å². The Morgan fingerprint density at radius 3 is 2.27 bits per heavy atom. The van der Waals surface area contributed by atoms with Gasteiger partial charge in [-0.1, -0.05) is 17.2 Å². The molecule has 0 fully saturated rings. The fraction of sp³-hybridized carbons (Fsp3) is 0.0526. The number of nitrogens with zero attached hydrogens (tertiary/aromatic N) is 3. The Bertz CT molecular complexity index is 1010. The molecule has 0 N–H and O–H groups in total. The van der Waals surface area contributed by atoms with Crippen molar-refractivity contribution in [2.75, 3.05) is 0 Å². The van der Waals surface area contributed by atoms with Crippen molar-refractivity contribution < 1.29 is 19.2 Å². The largest absolute Gasteiger partial charge is 0.363 e. The predicted molar refractivity (Wildman–Crippen MR) is 90.7 cm³/mol. The highest BCUT2D eigenvalue weighted by atomic mass is 16.7. The zero-order valence-corrected chi connectivity index (χ0v) is 13.7. The van der Waals surface area contributed by atoms with E-state index in [0.717, 1.165) is 11.3 Å². The van der Waals surface area contributed by atoms with Crippen LogP contribution in [0.3, 0.4) is 0 Å². The second kappa shape index (κ2) is 5.96. The summed E-state index contributed by atoms with van der Waals surface area (Å²) in [5.74, 6) is -2.08. The van der Waals surface area contributed by atoms with Crippen LogP contribution in [0, 0.1) is 6.92 Å². The van der Waals surface area contributed by atoms with Crippen molar-refractivity contribution in [3.8, 4) is 5.69 Å². The van der Waals surface area contributed by atoms with Crippen molar-refractivity contribution in [3.63, 3.8) is 0 Å². The van der Waals surface area contributed by atoms with Gasteiger partial charge >= 0.3 is 5.97 Å². The van der Waals surface area contributed by atoms with Gasteiger partial charge in [0.05, 0.1) is 22.4 Å². The molecule has 7 heteroatoms. The van der Waals surface area contributed by atoms with Crippen LogP contribution in [-0.2, 0) is 4.84 Å². The SMILES string of the molecule is Cc1cc(C(=O)ON2C(=O)c3ccccc3C2=O)ccc1-n1cccn1. The Labute approximate surface area is 148 Å². The fourth-order valence-corrected chi connectivity index (χ4v) is 2.84. The highest BCUT2D eigenvalue weighted by molar-refractivity contribution is 6.21. The Hall–Kier alpha value is -3.74. The smallest absolute Gasteiger partial charge is 0.324 e. The van der Waals surface area contributed by atoms with Crippen LogP contribution in [0.4, 0.5) is 0 Å². The highest BCUT2D eigenvalue weighted by Gasteiger charge is 2.38. The van der Waals surface area contributed by atoms with Gasteiger partial charge in [0.25, 0.3) is 11.8 Å². The number of aromatic nitrogens is 2. The lowest BCUT2D eigenvalue weighted by atomic mass is 10.1. The van der Waals surface area contributed by atoms with E-state index >= 15 is 0 Å².